The van der Waals surface area contributed by atoms with E-state index in [-0.39, 0.29) is 30.1 Å². The van der Waals surface area contributed by atoms with Crippen LogP contribution >= 0.6 is 0 Å². The minimum absolute atomic E-state index is 0.0125. The lowest BCUT2D eigenvalue weighted by atomic mass is 10.0. The molecule has 0 spiro atoms. The van der Waals surface area contributed by atoms with E-state index in [0.717, 1.165) is 24.6 Å². The van der Waals surface area contributed by atoms with Crippen molar-refractivity contribution in [3.8, 4) is 0 Å². The molecule has 1 aromatic rings. The third-order valence-electron chi connectivity index (χ3n) is 5.13. The largest absolute Gasteiger partial charge is 0.379 e. The van der Waals surface area contributed by atoms with Crippen molar-refractivity contribution in [2.24, 2.45) is 5.92 Å². The van der Waals surface area contributed by atoms with Gasteiger partial charge in [0.1, 0.15) is 6.04 Å². The van der Waals surface area contributed by atoms with Crippen molar-refractivity contribution in [1.82, 2.24) is 21.2 Å². The fourth-order valence-electron chi connectivity index (χ4n) is 3.38. The number of amides is 1. The molecule has 2 unspecified atom stereocenters. The molecule has 4 rings (SSSR count). The molecule has 3 fully saturated rings. The highest BCUT2D eigenvalue weighted by molar-refractivity contribution is 5.82. The van der Waals surface area contributed by atoms with E-state index in [9.17, 15) is 4.79 Å². The van der Waals surface area contributed by atoms with Crippen LogP contribution in [0.15, 0.2) is 24.4 Å². The van der Waals surface area contributed by atoms with Crippen LogP contribution in [0, 0.1) is 5.92 Å². The molecule has 3 aliphatic rings. The van der Waals surface area contributed by atoms with Crippen molar-refractivity contribution in [3.05, 3.63) is 30.1 Å². The molecule has 1 aromatic heterocycles. The zero-order chi connectivity index (χ0) is 17.1. The molecule has 25 heavy (non-hydrogen) atoms. The standard InChI is InChI=1S/C18H26N4O3/c23-18(15-9-14(21-22-15)13-3-1-2-7-19-13)20-16-11-24-8-6-17(16)25-10-12-4-5-12/h1-3,7,12,14-17,21-22H,4-6,8-11H2,(H,20,23)/t14?,15?,16-,17+/m1/s1. The van der Waals surface area contributed by atoms with Crippen LogP contribution < -0.4 is 16.2 Å². The molecule has 7 nitrogen and oxygen atoms in total. The number of carbonyl (C=O) groups excluding carboxylic acids is 1. The van der Waals surface area contributed by atoms with E-state index in [1.54, 1.807) is 6.20 Å². The molecule has 1 saturated carbocycles. The minimum Gasteiger partial charge on any atom is -0.379 e. The van der Waals surface area contributed by atoms with Crippen molar-refractivity contribution < 1.29 is 14.3 Å². The Balaban J connectivity index is 1.29. The third kappa shape index (κ3) is 4.36. The fourth-order valence-corrected chi connectivity index (χ4v) is 3.38. The van der Waals surface area contributed by atoms with Gasteiger partial charge >= 0.3 is 0 Å². The van der Waals surface area contributed by atoms with Gasteiger partial charge in [0.25, 0.3) is 0 Å². The average Bonchev–Trinajstić information content (AvgIpc) is 3.35. The predicted octanol–water partition coefficient (Wildman–Crippen LogP) is 0.690. The summed E-state index contributed by atoms with van der Waals surface area (Å²) >= 11 is 0. The second-order valence-electron chi connectivity index (χ2n) is 7.18. The van der Waals surface area contributed by atoms with Crippen LogP contribution in [-0.2, 0) is 14.3 Å². The first-order valence-electron chi connectivity index (χ1n) is 9.21. The molecular weight excluding hydrogens is 320 g/mol. The summed E-state index contributed by atoms with van der Waals surface area (Å²) in [6.45, 7) is 2.03. The summed E-state index contributed by atoms with van der Waals surface area (Å²) in [6, 6.07) is 5.51. The lowest BCUT2D eigenvalue weighted by Crippen LogP contribution is -2.55. The van der Waals surface area contributed by atoms with Gasteiger partial charge in [0.2, 0.25) is 5.91 Å². The van der Waals surface area contributed by atoms with Crippen molar-refractivity contribution in [2.75, 3.05) is 19.8 Å². The molecule has 4 atom stereocenters. The minimum atomic E-state index is -0.280. The third-order valence-corrected chi connectivity index (χ3v) is 5.13. The van der Waals surface area contributed by atoms with Gasteiger partial charge in [-0.3, -0.25) is 9.78 Å². The van der Waals surface area contributed by atoms with Gasteiger partial charge in [-0.2, -0.15) is 0 Å². The summed E-state index contributed by atoms with van der Waals surface area (Å²) in [5, 5.41) is 3.12. The summed E-state index contributed by atoms with van der Waals surface area (Å²) in [7, 11) is 0. The summed E-state index contributed by atoms with van der Waals surface area (Å²) < 4.78 is 11.6. The topological polar surface area (TPSA) is 84.5 Å². The molecule has 7 heteroatoms. The molecule has 0 radical (unpaired) electrons. The number of nitrogens with one attached hydrogen (secondary N) is 3. The van der Waals surface area contributed by atoms with Crippen LogP contribution in [0.3, 0.4) is 0 Å². The Morgan fingerprint density at radius 2 is 2.24 bits per heavy atom. The SMILES string of the molecule is O=C(N[C@@H]1COCC[C@@H]1OCC1CC1)C1CC(c2ccccn2)NN1. The normalized spacial score (nSPS) is 32.5. The number of hydrazine groups is 1. The highest BCUT2D eigenvalue weighted by Crippen LogP contribution is 2.30. The van der Waals surface area contributed by atoms with Gasteiger partial charge in [-0.1, -0.05) is 6.07 Å². The Morgan fingerprint density at radius 3 is 3.04 bits per heavy atom. The first-order valence-corrected chi connectivity index (χ1v) is 9.21. The van der Waals surface area contributed by atoms with Crippen molar-refractivity contribution in [2.45, 2.75) is 49.9 Å². The first-order chi connectivity index (χ1) is 12.3. The Bertz CT molecular complexity index is 581. The van der Waals surface area contributed by atoms with Crippen LogP contribution in [0.2, 0.25) is 0 Å². The zero-order valence-corrected chi connectivity index (χ0v) is 14.3. The van der Waals surface area contributed by atoms with Gasteiger partial charge in [-0.05, 0) is 43.7 Å². The van der Waals surface area contributed by atoms with Gasteiger partial charge in [-0.25, -0.2) is 10.9 Å². The van der Waals surface area contributed by atoms with E-state index in [2.05, 4.69) is 21.2 Å². The Kier molecular flexibility index (Phi) is 5.26. The van der Waals surface area contributed by atoms with Crippen molar-refractivity contribution >= 4 is 5.91 Å². The van der Waals surface area contributed by atoms with E-state index in [1.165, 1.54) is 12.8 Å². The maximum Gasteiger partial charge on any atom is 0.238 e. The Morgan fingerprint density at radius 1 is 1.32 bits per heavy atom. The van der Waals surface area contributed by atoms with E-state index >= 15 is 0 Å². The molecule has 136 valence electrons. The fraction of sp³-hybridized carbons (Fsp3) is 0.667. The second-order valence-corrected chi connectivity index (χ2v) is 7.18. The van der Waals surface area contributed by atoms with E-state index in [1.807, 2.05) is 18.2 Å². The zero-order valence-electron chi connectivity index (χ0n) is 14.3. The van der Waals surface area contributed by atoms with E-state index in [0.29, 0.717) is 19.6 Å². The van der Waals surface area contributed by atoms with Crippen LogP contribution in [-0.4, -0.2) is 48.9 Å². The van der Waals surface area contributed by atoms with Crippen LogP contribution in [0.5, 0.6) is 0 Å². The number of rotatable bonds is 6. The number of carbonyl (C=O) groups is 1. The van der Waals surface area contributed by atoms with Crippen LogP contribution in [0.25, 0.3) is 0 Å². The second kappa shape index (κ2) is 7.78. The molecule has 3 heterocycles. The molecule has 2 aliphatic heterocycles. The summed E-state index contributed by atoms with van der Waals surface area (Å²) in [6.07, 6.45) is 5.87. The molecular formula is C18H26N4O3. The van der Waals surface area contributed by atoms with Gasteiger partial charge in [-0.15, -0.1) is 0 Å². The van der Waals surface area contributed by atoms with Gasteiger partial charge in [0.05, 0.1) is 30.5 Å². The Labute approximate surface area is 147 Å². The number of aromatic nitrogens is 1. The highest BCUT2D eigenvalue weighted by Gasteiger charge is 2.35. The number of pyridine rings is 1. The van der Waals surface area contributed by atoms with Crippen LogP contribution in [0.4, 0.5) is 0 Å². The first kappa shape index (κ1) is 16.9. The number of hydrogen-bond donors (Lipinski definition) is 3. The molecule has 1 amide bonds. The van der Waals surface area contributed by atoms with Gasteiger partial charge in [0.15, 0.2) is 0 Å². The maximum atomic E-state index is 12.6. The molecule has 0 bridgehead atoms. The average molecular weight is 346 g/mol. The summed E-state index contributed by atoms with van der Waals surface area (Å²) in [4.78, 5) is 17.0. The Hall–Kier alpha value is -1.54. The monoisotopic (exact) mass is 346 g/mol. The molecule has 1 aliphatic carbocycles. The summed E-state index contributed by atoms with van der Waals surface area (Å²) in [5.74, 6) is 0.709. The molecule has 2 saturated heterocycles. The lowest BCUT2D eigenvalue weighted by molar-refractivity contribution is -0.128. The van der Waals surface area contributed by atoms with Crippen LogP contribution in [0.1, 0.15) is 37.4 Å². The van der Waals surface area contributed by atoms with E-state index < -0.39 is 0 Å². The number of nitrogens with zero attached hydrogens (tertiary/aromatic N) is 1. The van der Waals surface area contributed by atoms with Crippen molar-refractivity contribution in [1.29, 1.82) is 0 Å². The highest BCUT2D eigenvalue weighted by atomic mass is 16.5. The van der Waals surface area contributed by atoms with E-state index in [4.69, 9.17) is 9.47 Å². The lowest BCUT2D eigenvalue weighted by Gasteiger charge is -2.32. The van der Waals surface area contributed by atoms with Gasteiger partial charge < -0.3 is 14.8 Å². The number of ether oxygens (including phenoxy) is 2. The molecule has 0 aromatic carbocycles. The predicted molar refractivity (Wildman–Crippen MR) is 91.5 cm³/mol. The van der Waals surface area contributed by atoms with Gasteiger partial charge in [0, 0.05) is 19.4 Å². The number of hydrogen-bond acceptors (Lipinski definition) is 6. The summed E-state index contributed by atoms with van der Waals surface area (Å²) in [5.41, 5.74) is 7.19. The smallest absolute Gasteiger partial charge is 0.238 e. The maximum absolute atomic E-state index is 12.6. The quantitative estimate of drug-likeness (QED) is 0.703. The molecule has 3 N–H and O–H groups in total. The van der Waals surface area contributed by atoms with Crippen molar-refractivity contribution in [3.63, 3.8) is 0 Å².